The van der Waals surface area contributed by atoms with Gasteiger partial charge in [-0.15, -0.1) is 0 Å². The van der Waals surface area contributed by atoms with Crippen molar-refractivity contribution < 1.29 is 4.74 Å². The molecule has 1 heterocycles. The van der Waals surface area contributed by atoms with Gasteiger partial charge in [0, 0.05) is 4.47 Å². The molecule has 96 valence electrons. The third kappa shape index (κ3) is 2.42. The van der Waals surface area contributed by atoms with Crippen molar-refractivity contribution in [1.29, 1.82) is 0 Å². The quantitative estimate of drug-likeness (QED) is 0.948. The van der Waals surface area contributed by atoms with E-state index in [4.69, 9.17) is 10.5 Å². The maximum absolute atomic E-state index is 6.16. The summed E-state index contributed by atoms with van der Waals surface area (Å²) in [5.74, 6) is 0.779. The maximum Gasteiger partial charge on any atom is 0.142 e. The second-order valence-corrected chi connectivity index (χ2v) is 5.60. The predicted octanol–water partition coefficient (Wildman–Crippen LogP) is 2.84. The molecule has 0 aliphatic rings. The first-order valence-corrected chi connectivity index (χ1v) is 6.38. The Morgan fingerprint density at radius 1 is 1.39 bits per heavy atom. The van der Waals surface area contributed by atoms with E-state index in [0.29, 0.717) is 0 Å². The number of nitrogens with two attached hydrogens (primary N) is 1. The van der Waals surface area contributed by atoms with Crippen molar-refractivity contribution >= 4 is 15.9 Å². The lowest BCUT2D eigenvalue weighted by Gasteiger charge is -2.21. The molecule has 0 saturated heterocycles. The third-order valence-electron chi connectivity index (χ3n) is 2.70. The van der Waals surface area contributed by atoms with Crippen LogP contribution in [0.4, 0.5) is 0 Å². The van der Waals surface area contributed by atoms with E-state index >= 15 is 0 Å². The van der Waals surface area contributed by atoms with Crippen molar-refractivity contribution in [2.75, 3.05) is 7.11 Å². The minimum absolute atomic E-state index is 0.468. The van der Waals surface area contributed by atoms with Gasteiger partial charge < -0.3 is 10.5 Å². The molecule has 1 aromatic carbocycles. The minimum atomic E-state index is -0.468. The van der Waals surface area contributed by atoms with E-state index in [9.17, 15) is 0 Å². The summed E-state index contributed by atoms with van der Waals surface area (Å²) in [7, 11) is 1.65. The summed E-state index contributed by atoms with van der Waals surface area (Å²) in [5, 5.41) is 0. The van der Waals surface area contributed by atoms with Crippen LogP contribution in [0.3, 0.4) is 0 Å². The molecule has 0 fully saturated rings. The van der Waals surface area contributed by atoms with E-state index < -0.39 is 5.54 Å². The van der Waals surface area contributed by atoms with Gasteiger partial charge in [-0.3, -0.25) is 4.57 Å². The fourth-order valence-corrected chi connectivity index (χ4v) is 2.16. The van der Waals surface area contributed by atoms with Gasteiger partial charge in [-0.05, 0) is 32.0 Å². The number of halogens is 1. The summed E-state index contributed by atoms with van der Waals surface area (Å²) < 4.78 is 8.31. The second kappa shape index (κ2) is 4.74. The van der Waals surface area contributed by atoms with Crippen LogP contribution in [-0.4, -0.2) is 16.7 Å². The summed E-state index contributed by atoms with van der Waals surface area (Å²) in [6.45, 7) is 3.90. The maximum atomic E-state index is 6.16. The summed E-state index contributed by atoms with van der Waals surface area (Å²) in [6.07, 6.45) is 3.52. The van der Waals surface area contributed by atoms with Crippen LogP contribution in [0.1, 0.15) is 19.5 Å². The standard InChI is InChI=1S/C13H16BrN3O/c1-13(2,15)12-7-16-8-17(12)10-6-9(14)4-5-11(10)18-3/h4-8H,15H2,1-3H3. The van der Waals surface area contributed by atoms with E-state index in [1.807, 2.05) is 36.6 Å². The number of benzene rings is 1. The number of ether oxygens (including phenoxy) is 1. The van der Waals surface area contributed by atoms with E-state index in [-0.39, 0.29) is 0 Å². The Bertz CT molecular complexity index is 558. The fourth-order valence-electron chi connectivity index (χ4n) is 1.82. The summed E-state index contributed by atoms with van der Waals surface area (Å²) in [4.78, 5) is 4.18. The molecule has 0 atom stereocenters. The predicted molar refractivity (Wildman–Crippen MR) is 75.0 cm³/mol. The highest BCUT2D eigenvalue weighted by atomic mass is 79.9. The molecule has 5 heteroatoms. The van der Waals surface area contributed by atoms with Gasteiger partial charge in [-0.1, -0.05) is 15.9 Å². The van der Waals surface area contributed by atoms with Gasteiger partial charge >= 0.3 is 0 Å². The first-order chi connectivity index (χ1) is 8.43. The van der Waals surface area contributed by atoms with E-state index in [1.54, 1.807) is 19.6 Å². The lowest BCUT2D eigenvalue weighted by molar-refractivity contribution is 0.411. The molecule has 0 amide bonds. The number of aromatic nitrogens is 2. The zero-order chi connectivity index (χ0) is 13.3. The number of hydrogen-bond acceptors (Lipinski definition) is 3. The SMILES string of the molecule is COc1ccc(Br)cc1-n1cncc1C(C)(C)N. The Labute approximate surface area is 115 Å². The lowest BCUT2D eigenvalue weighted by Crippen LogP contribution is -2.31. The second-order valence-electron chi connectivity index (χ2n) is 4.69. The van der Waals surface area contributed by atoms with Crippen LogP contribution >= 0.6 is 15.9 Å². The molecule has 1 aromatic heterocycles. The third-order valence-corrected chi connectivity index (χ3v) is 3.19. The van der Waals surface area contributed by atoms with E-state index in [0.717, 1.165) is 21.6 Å². The fraction of sp³-hybridized carbons (Fsp3) is 0.308. The Kier molecular flexibility index (Phi) is 3.45. The molecule has 0 aliphatic carbocycles. The zero-order valence-corrected chi connectivity index (χ0v) is 12.2. The zero-order valence-electron chi connectivity index (χ0n) is 10.6. The average molecular weight is 310 g/mol. The van der Waals surface area contributed by atoms with Crippen molar-refractivity contribution in [3.63, 3.8) is 0 Å². The molecule has 4 nitrogen and oxygen atoms in total. The number of imidazole rings is 1. The van der Waals surface area contributed by atoms with Crippen LogP contribution in [0.15, 0.2) is 35.2 Å². The van der Waals surface area contributed by atoms with E-state index in [1.165, 1.54) is 0 Å². The molecular formula is C13H16BrN3O. The molecular weight excluding hydrogens is 294 g/mol. The van der Waals surface area contributed by atoms with Crippen LogP contribution in [0.5, 0.6) is 5.75 Å². The monoisotopic (exact) mass is 309 g/mol. The molecule has 0 bridgehead atoms. The molecule has 2 aromatic rings. The van der Waals surface area contributed by atoms with Gasteiger partial charge in [0.05, 0.1) is 36.6 Å². The topological polar surface area (TPSA) is 53.1 Å². The van der Waals surface area contributed by atoms with Crippen LogP contribution in [0.2, 0.25) is 0 Å². The van der Waals surface area contributed by atoms with Gasteiger partial charge in [0.15, 0.2) is 0 Å². The number of nitrogens with zero attached hydrogens (tertiary/aromatic N) is 2. The molecule has 18 heavy (non-hydrogen) atoms. The van der Waals surface area contributed by atoms with Gasteiger partial charge in [0.25, 0.3) is 0 Å². The van der Waals surface area contributed by atoms with E-state index in [2.05, 4.69) is 20.9 Å². The van der Waals surface area contributed by atoms with Crippen LogP contribution in [-0.2, 0) is 5.54 Å². The average Bonchev–Trinajstić information content (AvgIpc) is 2.77. The van der Waals surface area contributed by atoms with Gasteiger partial charge in [-0.2, -0.15) is 0 Å². The van der Waals surface area contributed by atoms with Crippen LogP contribution in [0.25, 0.3) is 5.69 Å². The normalized spacial score (nSPS) is 11.6. The molecule has 2 rings (SSSR count). The molecule has 0 radical (unpaired) electrons. The molecule has 0 unspecified atom stereocenters. The summed E-state index contributed by atoms with van der Waals surface area (Å²) in [5.41, 5.74) is 7.53. The Hall–Kier alpha value is -1.33. The number of hydrogen-bond donors (Lipinski definition) is 1. The molecule has 2 N–H and O–H groups in total. The van der Waals surface area contributed by atoms with Crippen molar-refractivity contribution in [2.24, 2.45) is 5.73 Å². The van der Waals surface area contributed by atoms with Crippen molar-refractivity contribution in [2.45, 2.75) is 19.4 Å². The Morgan fingerprint density at radius 2 is 2.11 bits per heavy atom. The molecule has 0 spiro atoms. The summed E-state index contributed by atoms with van der Waals surface area (Å²) >= 11 is 3.47. The highest BCUT2D eigenvalue weighted by Crippen LogP contribution is 2.29. The van der Waals surface area contributed by atoms with Crippen LogP contribution in [0, 0.1) is 0 Å². The molecule has 0 aliphatic heterocycles. The summed E-state index contributed by atoms with van der Waals surface area (Å²) in [6, 6.07) is 5.83. The highest BCUT2D eigenvalue weighted by Gasteiger charge is 2.21. The van der Waals surface area contributed by atoms with Crippen molar-refractivity contribution in [3.8, 4) is 11.4 Å². The number of rotatable bonds is 3. The minimum Gasteiger partial charge on any atom is -0.495 e. The Balaban J connectivity index is 2.62. The smallest absolute Gasteiger partial charge is 0.142 e. The first kappa shape index (κ1) is 13.1. The van der Waals surface area contributed by atoms with Crippen molar-refractivity contribution in [1.82, 2.24) is 9.55 Å². The largest absolute Gasteiger partial charge is 0.495 e. The van der Waals surface area contributed by atoms with Crippen molar-refractivity contribution in [3.05, 3.63) is 40.9 Å². The van der Waals surface area contributed by atoms with Gasteiger partial charge in [0.1, 0.15) is 5.75 Å². The highest BCUT2D eigenvalue weighted by molar-refractivity contribution is 9.10. The van der Waals surface area contributed by atoms with Gasteiger partial charge in [0.2, 0.25) is 0 Å². The number of methoxy groups -OCH3 is 1. The first-order valence-electron chi connectivity index (χ1n) is 5.59. The van der Waals surface area contributed by atoms with Crippen LogP contribution < -0.4 is 10.5 Å². The lowest BCUT2D eigenvalue weighted by atomic mass is 10.0. The van der Waals surface area contributed by atoms with Gasteiger partial charge in [-0.25, -0.2) is 4.98 Å². The Morgan fingerprint density at radius 3 is 2.72 bits per heavy atom. The molecule has 0 saturated carbocycles.